The molecule has 0 fully saturated rings. The molecule has 0 aliphatic carbocycles. The van der Waals surface area contributed by atoms with E-state index in [1.165, 1.54) is 0 Å². The van der Waals surface area contributed by atoms with E-state index in [2.05, 4.69) is 5.32 Å². The summed E-state index contributed by atoms with van der Waals surface area (Å²) in [5, 5.41) is 3.01. The van der Waals surface area contributed by atoms with Crippen molar-refractivity contribution < 1.29 is 11.6 Å². The molecule has 0 aliphatic rings. The zero-order chi connectivity index (χ0) is 17.9. The van der Waals surface area contributed by atoms with Crippen molar-refractivity contribution in [3.63, 3.8) is 0 Å². The van der Waals surface area contributed by atoms with Crippen LogP contribution in [0.25, 0.3) is 0 Å². The van der Waals surface area contributed by atoms with Gasteiger partial charge >= 0.3 is 0 Å². The first-order chi connectivity index (χ1) is 11.4. The van der Waals surface area contributed by atoms with E-state index < -0.39 is 12.1 Å². The predicted octanol–water partition coefficient (Wildman–Crippen LogP) is 3.72. The van der Waals surface area contributed by atoms with Gasteiger partial charge in [-0.3, -0.25) is 0 Å². The maximum Gasteiger partial charge on any atom is 0.125 e. The zero-order valence-corrected chi connectivity index (χ0v) is 11.2. The van der Waals surface area contributed by atoms with Crippen LogP contribution in [0, 0.1) is 6.92 Å². The molecule has 2 aromatic rings. The van der Waals surface area contributed by atoms with E-state index in [1.807, 2.05) is 31.2 Å². The molecule has 2 aromatic carbocycles. The summed E-state index contributed by atoms with van der Waals surface area (Å²) in [7, 11) is 1.80. The Balaban J connectivity index is 2.51. The Kier molecular flexibility index (Phi) is 3.07. The summed E-state index contributed by atoms with van der Waals surface area (Å²) in [6, 6.07) is 5.98. The predicted molar refractivity (Wildman–Crippen MR) is 79.5 cm³/mol. The molecular weight excluding hydrogens is 234 g/mol. The molecule has 0 aromatic heterocycles. The van der Waals surface area contributed by atoms with Crippen LogP contribution in [0.15, 0.2) is 54.5 Å². The van der Waals surface area contributed by atoms with Crippen molar-refractivity contribution in [3.8, 4) is 5.75 Å². The lowest BCUT2D eigenvalue weighted by molar-refractivity contribution is 0.193. The fraction of sp³-hybridized carbons (Fsp3) is 0.294. The molecule has 1 N–H and O–H groups in total. The molecule has 100 valence electrons. The van der Waals surface area contributed by atoms with E-state index in [1.54, 1.807) is 7.05 Å². The molecule has 1 atom stereocenters. The van der Waals surface area contributed by atoms with Crippen LogP contribution in [-0.2, 0) is 0 Å². The highest BCUT2D eigenvalue weighted by atomic mass is 16.5. The van der Waals surface area contributed by atoms with Crippen molar-refractivity contribution >= 4 is 0 Å². The number of nitrogens with one attached hydrogen (secondary N) is 1. The third kappa shape index (κ3) is 3.83. The number of rotatable bonds is 6. The van der Waals surface area contributed by atoms with Gasteiger partial charge in [0.1, 0.15) is 11.9 Å². The molecule has 0 saturated carbocycles. The van der Waals surface area contributed by atoms with E-state index in [0.29, 0.717) is 18.7 Å². The van der Waals surface area contributed by atoms with Crippen LogP contribution in [-0.4, -0.2) is 13.6 Å². The van der Waals surface area contributed by atoms with Gasteiger partial charge in [0.2, 0.25) is 0 Å². The van der Waals surface area contributed by atoms with E-state index in [0.717, 1.165) is 5.56 Å². The van der Waals surface area contributed by atoms with Crippen LogP contribution in [0.2, 0.25) is 0 Å². The average Bonchev–Trinajstić information content (AvgIpc) is 2.58. The molecule has 0 spiro atoms. The Morgan fingerprint density at radius 1 is 1.21 bits per heavy atom. The molecule has 2 nitrogen and oxygen atoms in total. The van der Waals surface area contributed by atoms with Crippen LogP contribution < -0.4 is 10.1 Å². The molecule has 0 aliphatic heterocycles. The number of ether oxygens (including phenoxy) is 1. The average molecular weight is 260 g/mol. The normalized spacial score (nSPS) is 15.8. The van der Waals surface area contributed by atoms with Crippen LogP contribution in [0.4, 0.5) is 0 Å². The van der Waals surface area contributed by atoms with E-state index in [9.17, 15) is 0 Å². The van der Waals surface area contributed by atoms with E-state index >= 15 is 0 Å². The minimum Gasteiger partial charge on any atom is -0.485 e. The quantitative estimate of drug-likeness (QED) is 0.854. The lowest BCUT2D eigenvalue weighted by Crippen LogP contribution is -2.16. The van der Waals surface area contributed by atoms with Crippen LogP contribution in [0.3, 0.4) is 0 Å². The van der Waals surface area contributed by atoms with Crippen molar-refractivity contribution in [1.82, 2.24) is 5.32 Å². The van der Waals surface area contributed by atoms with Gasteiger partial charge in [-0.05, 0) is 37.7 Å². The van der Waals surface area contributed by atoms with E-state index in [4.69, 9.17) is 11.6 Å². The molecular formula is C17H21NO. The first-order valence-corrected chi connectivity index (χ1v) is 6.32. The number of hydrogen-bond donors (Lipinski definition) is 1. The topological polar surface area (TPSA) is 21.3 Å². The largest absolute Gasteiger partial charge is 0.485 e. The Morgan fingerprint density at radius 3 is 2.63 bits per heavy atom. The standard InChI is InChI=1S/C17H21NO/c1-14-8-6-7-11-16(14)19-17(12-13-18-2)15-9-4-3-5-10-15/h3-11,17-18H,12-13H2,1-2H3/i3D,4D,5D,9D,10D. The lowest BCUT2D eigenvalue weighted by atomic mass is 10.1. The number of aryl methyl sites for hydroxylation is 1. The summed E-state index contributed by atoms with van der Waals surface area (Å²) in [4.78, 5) is 0. The van der Waals surface area contributed by atoms with Crippen molar-refractivity contribution in [3.05, 3.63) is 65.6 Å². The molecule has 2 rings (SSSR count). The first kappa shape index (κ1) is 8.39. The van der Waals surface area contributed by atoms with Crippen LogP contribution >= 0.6 is 0 Å². The fourth-order valence-electron chi connectivity index (χ4n) is 1.80. The second kappa shape index (κ2) is 6.95. The third-order valence-corrected chi connectivity index (χ3v) is 2.86. The third-order valence-electron chi connectivity index (χ3n) is 2.86. The second-order valence-electron chi connectivity index (χ2n) is 4.30. The summed E-state index contributed by atoms with van der Waals surface area (Å²) in [5.74, 6) is 0.644. The highest BCUT2D eigenvalue weighted by Crippen LogP contribution is 2.26. The molecule has 0 bridgehead atoms. The minimum atomic E-state index is -0.632. The number of hydrogen-bond acceptors (Lipinski definition) is 2. The number of benzene rings is 2. The molecule has 0 saturated heterocycles. The molecule has 19 heavy (non-hydrogen) atoms. The lowest BCUT2D eigenvalue weighted by Gasteiger charge is -2.20. The zero-order valence-electron chi connectivity index (χ0n) is 16.2. The Morgan fingerprint density at radius 2 is 1.95 bits per heavy atom. The number of para-hydroxylation sites is 1. The highest BCUT2D eigenvalue weighted by molar-refractivity contribution is 5.33. The SMILES string of the molecule is [2H]c1c([2H])c([2H])c(C(CCNC)Oc2ccccc2C)c([2H])c1[2H]. The Hall–Kier alpha value is -1.80. The molecule has 2 heteroatoms. The monoisotopic (exact) mass is 260 g/mol. The smallest absolute Gasteiger partial charge is 0.125 e. The summed E-state index contributed by atoms with van der Waals surface area (Å²) >= 11 is 0. The summed E-state index contributed by atoms with van der Waals surface area (Å²) in [6.07, 6.45) is -0.147. The van der Waals surface area contributed by atoms with Gasteiger partial charge < -0.3 is 10.1 Å². The van der Waals surface area contributed by atoms with Crippen molar-refractivity contribution in [2.24, 2.45) is 0 Å². The van der Waals surface area contributed by atoms with Crippen molar-refractivity contribution in [2.45, 2.75) is 19.4 Å². The van der Waals surface area contributed by atoms with Gasteiger partial charge in [0, 0.05) is 6.42 Å². The van der Waals surface area contributed by atoms with Gasteiger partial charge in [-0.1, -0.05) is 48.4 Å². The van der Waals surface area contributed by atoms with Gasteiger partial charge in [0.05, 0.1) is 6.85 Å². The van der Waals surface area contributed by atoms with Crippen LogP contribution in [0.1, 0.15) is 30.5 Å². The van der Waals surface area contributed by atoms with Crippen molar-refractivity contribution in [2.75, 3.05) is 13.6 Å². The molecule has 1 unspecified atom stereocenters. The van der Waals surface area contributed by atoms with Gasteiger partial charge in [-0.25, -0.2) is 0 Å². The maximum atomic E-state index is 8.15. The molecule has 0 amide bonds. The van der Waals surface area contributed by atoms with Gasteiger partial charge in [0.25, 0.3) is 0 Å². The summed E-state index contributed by atoms with van der Waals surface area (Å²) < 4.78 is 45.8. The van der Waals surface area contributed by atoms with Gasteiger partial charge in [-0.15, -0.1) is 0 Å². The summed E-state index contributed by atoms with van der Waals surface area (Å²) in [5.41, 5.74) is 1.12. The molecule has 0 radical (unpaired) electrons. The minimum absolute atomic E-state index is 0.194. The second-order valence-corrected chi connectivity index (χ2v) is 4.30. The molecule has 0 heterocycles. The Bertz CT molecular complexity index is 706. The highest BCUT2D eigenvalue weighted by Gasteiger charge is 2.13. The first-order valence-electron chi connectivity index (χ1n) is 8.82. The van der Waals surface area contributed by atoms with Gasteiger partial charge in [0.15, 0.2) is 0 Å². The summed E-state index contributed by atoms with van der Waals surface area (Å²) in [6.45, 7) is 2.51. The maximum absolute atomic E-state index is 8.15. The Labute approximate surface area is 122 Å². The van der Waals surface area contributed by atoms with Crippen molar-refractivity contribution in [1.29, 1.82) is 0 Å². The van der Waals surface area contributed by atoms with Gasteiger partial charge in [-0.2, -0.15) is 0 Å². The fourth-order valence-corrected chi connectivity index (χ4v) is 1.80. The van der Waals surface area contributed by atoms with Crippen LogP contribution in [0.5, 0.6) is 5.75 Å². The van der Waals surface area contributed by atoms with E-state index in [-0.39, 0.29) is 29.7 Å².